The van der Waals surface area contributed by atoms with Gasteiger partial charge in [0.05, 0.1) is 6.54 Å². The van der Waals surface area contributed by atoms with E-state index in [1.54, 1.807) is 19.0 Å². The minimum Gasteiger partial charge on any atom is -0.358 e. The van der Waals surface area contributed by atoms with Gasteiger partial charge in [0.1, 0.15) is 0 Å². The van der Waals surface area contributed by atoms with Crippen molar-refractivity contribution in [3.63, 3.8) is 0 Å². The number of aryl methyl sites for hydroxylation is 1. The molecule has 0 fully saturated rings. The van der Waals surface area contributed by atoms with Crippen LogP contribution in [0.2, 0.25) is 0 Å². The molecule has 0 unspecified atom stereocenters. The van der Waals surface area contributed by atoms with Crippen LogP contribution < -0.4 is 10.6 Å². The number of thiocarbonyl (C=S) groups is 1. The summed E-state index contributed by atoms with van der Waals surface area (Å²) in [7, 11) is 3.38. The van der Waals surface area contributed by atoms with Crippen LogP contribution in [0.15, 0.2) is 24.3 Å². The van der Waals surface area contributed by atoms with E-state index in [-0.39, 0.29) is 12.5 Å². The molecule has 1 rings (SSSR count). The summed E-state index contributed by atoms with van der Waals surface area (Å²) in [6.45, 7) is 2.27. The number of nitrogens with zero attached hydrogens (tertiary/aromatic N) is 1. The molecule has 0 spiro atoms. The van der Waals surface area contributed by atoms with Gasteiger partial charge in [-0.1, -0.05) is 17.7 Å². The summed E-state index contributed by atoms with van der Waals surface area (Å²) in [5.41, 5.74) is 2.12. The summed E-state index contributed by atoms with van der Waals surface area (Å²) in [4.78, 5) is 12.9. The fourth-order valence-corrected chi connectivity index (χ4v) is 1.40. The second-order valence-electron chi connectivity index (χ2n) is 3.83. The molecule has 92 valence electrons. The van der Waals surface area contributed by atoms with E-state index < -0.39 is 0 Å². The van der Waals surface area contributed by atoms with Crippen LogP contribution in [0.25, 0.3) is 0 Å². The summed E-state index contributed by atoms with van der Waals surface area (Å²) in [5, 5.41) is 6.16. The molecular formula is C12H17N3OS. The predicted molar refractivity (Wildman–Crippen MR) is 74.1 cm³/mol. The maximum atomic E-state index is 11.2. The molecule has 5 heteroatoms. The smallest absolute Gasteiger partial charge is 0.239 e. The van der Waals surface area contributed by atoms with Crippen molar-refractivity contribution in [1.29, 1.82) is 0 Å². The highest BCUT2D eigenvalue weighted by Gasteiger charge is 2.08. The number of nitrogens with one attached hydrogen (secondary N) is 2. The SMILES string of the molecule is CNC(=O)CN(C)C(=S)Nc1ccc(C)cc1. The van der Waals surface area contributed by atoms with Gasteiger partial charge < -0.3 is 15.5 Å². The monoisotopic (exact) mass is 251 g/mol. The van der Waals surface area contributed by atoms with Gasteiger partial charge in [-0.25, -0.2) is 0 Å². The van der Waals surface area contributed by atoms with Crippen molar-refractivity contribution in [3.8, 4) is 0 Å². The van der Waals surface area contributed by atoms with Gasteiger partial charge in [0, 0.05) is 19.8 Å². The third kappa shape index (κ3) is 4.40. The lowest BCUT2D eigenvalue weighted by molar-refractivity contribution is -0.120. The Labute approximate surface area is 107 Å². The van der Waals surface area contributed by atoms with Crippen molar-refractivity contribution in [3.05, 3.63) is 29.8 Å². The Balaban J connectivity index is 2.54. The van der Waals surface area contributed by atoms with E-state index in [2.05, 4.69) is 10.6 Å². The molecule has 0 bridgehead atoms. The zero-order valence-electron chi connectivity index (χ0n) is 10.3. The number of hydrogen-bond donors (Lipinski definition) is 2. The van der Waals surface area contributed by atoms with Crippen LogP contribution in [0.5, 0.6) is 0 Å². The number of rotatable bonds is 3. The Morgan fingerprint density at radius 1 is 1.35 bits per heavy atom. The number of carbonyl (C=O) groups is 1. The van der Waals surface area contributed by atoms with Crippen LogP contribution in [-0.4, -0.2) is 36.6 Å². The molecule has 1 aromatic rings. The first-order valence-corrected chi connectivity index (χ1v) is 5.73. The first kappa shape index (κ1) is 13.4. The average molecular weight is 251 g/mol. The molecule has 0 radical (unpaired) electrons. The first-order valence-electron chi connectivity index (χ1n) is 5.32. The van der Waals surface area contributed by atoms with Crippen LogP contribution in [0.4, 0.5) is 5.69 Å². The molecule has 0 saturated carbocycles. The van der Waals surface area contributed by atoms with Crippen LogP contribution in [-0.2, 0) is 4.79 Å². The summed E-state index contributed by atoms with van der Waals surface area (Å²) in [6.07, 6.45) is 0. The van der Waals surface area contributed by atoms with Crippen LogP contribution in [0.3, 0.4) is 0 Å². The average Bonchev–Trinajstić information content (AvgIpc) is 2.31. The summed E-state index contributed by atoms with van der Waals surface area (Å²) in [6, 6.07) is 7.91. The van der Waals surface area contributed by atoms with Crippen LogP contribution in [0, 0.1) is 6.92 Å². The van der Waals surface area contributed by atoms with Crippen molar-refractivity contribution in [2.75, 3.05) is 26.0 Å². The van der Waals surface area contributed by atoms with Crippen molar-refractivity contribution in [1.82, 2.24) is 10.2 Å². The Hall–Kier alpha value is -1.62. The number of carbonyl (C=O) groups excluding carboxylic acids is 1. The summed E-state index contributed by atoms with van der Waals surface area (Å²) >= 11 is 5.19. The van der Waals surface area contributed by atoms with E-state index in [0.29, 0.717) is 5.11 Å². The van der Waals surface area contributed by atoms with Gasteiger partial charge in [0.15, 0.2) is 5.11 Å². The van der Waals surface area contributed by atoms with E-state index in [1.807, 2.05) is 31.2 Å². The van der Waals surface area contributed by atoms with Crippen molar-refractivity contribution in [2.24, 2.45) is 0 Å². The molecule has 0 atom stereocenters. The molecule has 1 aromatic carbocycles. The first-order chi connectivity index (χ1) is 8.02. The minimum atomic E-state index is -0.0689. The third-order valence-electron chi connectivity index (χ3n) is 2.31. The second-order valence-corrected chi connectivity index (χ2v) is 4.21. The van der Waals surface area contributed by atoms with Crippen LogP contribution >= 0.6 is 12.2 Å². The number of hydrogen-bond acceptors (Lipinski definition) is 2. The number of amides is 1. The fraction of sp³-hybridized carbons (Fsp3) is 0.333. The molecule has 0 aliphatic rings. The molecule has 4 nitrogen and oxygen atoms in total. The van der Waals surface area contributed by atoms with Gasteiger partial charge in [0.25, 0.3) is 0 Å². The lowest BCUT2D eigenvalue weighted by Crippen LogP contribution is -2.39. The van der Waals surface area contributed by atoms with E-state index >= 15 is 0 Å². The highest BCUT2D eigenvalue weighted by atomic mass is 32.1. The van der Waals surface area contributed by atoms with E-state index in [0.717, 1.165) is 5.69 Å². The molecule has 0 heterocycles. The van der Waals surface area contributed by atoms with Crippen molar-refractivity contribution >= 4 is 28.9 Å². The molecule has 17 heavy (non-hydrogen) atoms. The minimum absolute atomic E-state index is 0.0689. The highest BCUT2D eigenvalue weighted by molar-refractivity contribution is 7.80. The lowest BCUT2D eigenvalue weighted by atomic mass is 10.2. The molecule has 0 aromatic heterocycles. The van der Waals surface area contributed by atoms with Gasteiger partial charge in [-0.3, -0.25) is 4.79 Å². The van der Waals surface area contributed by atoms with E-state index in [1.165, 1.54) is 5.56 Å². The molecule has 0 aliphatic heterocycles. The Morgan fingerprint density at radius 3 is 2.47 bits per heavy atom. The fourth-order valence-electron chi connectivity index (χ4n) is 1.22. The molecule has 0 aliphatic carbocycles. The quantitative estimate of drug-likeness (QED) is 0.796. The molecular weight excluding hydrogens is 234 g/mol. The highest BCUT2D eigenvalue weighted by Crippen LogP contribution is 2.09. The molecule has 0 saturated heterocycles. The number of anilines is 1. The van der Waals surface area contributed by atoms with Crippen molar-refractivity contribution < 1.29 is 4.79 Å². The Morgan fingerprint density at radius 2 is 1.94 bits per heavy atom. The number of benzene rings is 1. The second kappa shape index (κ2) is 6.20. The summed E-state index contributed by atoms with van der Waals surface area (Å²) < 4.78 is 0. The summed E-state index contributed by atoms with van der Waals surface area (Å²) in [5.74, 6) is -0.0689. The normalized spacial score (nSPS) is 9.59. The zero-order chi connectivity index (χ0) is 12.8. The third-order valence-corrected chi connectivity index (χ3v) is 2.72. The van der Waals surface area contributed by atoms with E-state index in [9.17, 15) is 4.79 Å². The van der Waals surface area contributed by atoms with Gasteiger partial charge in [-0.2, -0.15) is 0 Å². The Bertz CT molecular complexity index is 403. The van der Waals surface area contributed by atoms with Crippen LogP contribution in [0.1, 0.15) is 5.56 Å². The topological polar surface area (TPSA) is 44.4 Å². The van der Waals surface area contributed by atoms with Gasteiger partial charge in [0.2, 0.25) is 5.91 Å². The molecule has 1 amide bonds. The number of likely N-dealkylation sites (N-methyl/N-ethyl adjacent to an activating group) is 2. The van der Waals surface area contributed by atoms with Gasteiger partial charge in [-0.05, 0) is 31.3 Å². The van der Waals surface area contributed by atoms with Crippen molar-refractivity contribution in [2.45, 2.75) is 6.92 Å². The maximum Gasteiger partial charge on any atom is 0.239 e. The van der Waals surface area contributed by atoms with Gasteiger partial charge in [-0.15, -0.1) is 0 Å². The Kier molecular flexibility index (Phi) is 4.90. The predicted octanol–water partition coefficient (Wildman–Crippen LogP) is 1.37. The maximum absolute atomic E-state index is 11.2. The molecule has 2 N–H and O–H groups in total. The zero-order valence-corrected chi connectivity index (χ0v) is 11.1. The van der Waals surface area contributed by atoms with E-state index in [4.69, 9.17) is 12.2 Å². The standard InChI is InChI=1S/C12H17N3OS/c1-9-4-6-10(7-5-9)14-12(17)15(3)8-11(16)13-2/h4-7H,8H2,1-3H3,(H,13,16)(H,14,17). The van der Waals surface area contributed by atoms with Gasteiger partial charge >= 0.3 is 0 Å². The largest absolute Gasteiger partial charge is 0.358 e. The lowest BCUT2D eigenvalue weighted by Gasteiger charge is -2.20.